The average Bonchev–Trinajstić information content (AvgIpc) is 3.15. The molecule has 0 bridgehead atoms. The van der Waals surface area contributed by atoms with Crippen molar-refractivity contribution in [1.29, 1.82) is 0 Å². The summed E-state index contributed by atoms with van der Waals surface area (Å²) in [5, 5.41) is 3.74. The van der Waals surface area contributed by atoms with E-state index in [1.807, 2.05) is 0 Å². The van der Waals surface area contributed by atoms with Gasteiger partial charge in [0.2, 0.25) is 0 Å². The smallest absolute Gasteiger partial charge is 0.0220 e. The first-order valence-corrected chi connectivity index (χ1v) is 7.66. The molecule has 102 valence electrons. The normalized spacial score (nSPS) is 19.6. The van der Waals surface area contributed by atoms with Crippen molar-refractivity contribution in [3.63, 3.8) is 0 Å². The second-order valence-corrected chi connectivity index (χ2v) is 5.74. The van der Waals surface area contributed by atoms with Gasteiger partial charge in [-0.3, -0.25) is 0 Å². The Labute approximate surface area is 108 Å². The predicted molar refractivity (Wildman–Crippen MR) is 76.4 cm³/mol. The standard InChI is InChI=1S/C15H32N2/c1-5-10-16-15(13(4)6-2)12-17(7-3)11-14-8-9-14/h13-16H,5-12H2,1-4H3. The molecule has 0 spiro atoms. The molecule has 0 radical (unpaired) electrons. The zero-order valence-electron chi connectivity index (χ0n) is 12.3. The molecule has 0 amide bonds. The Morgan fingerprint density at radius 1 is 1.24 bits per heavy atom. The van der Waals surface area contributed by atoms with Crippen molar-refractivity contribution in [3.05, 3.63) is 0 Å². The summed E-state index contributed by atoms with van der Waals surface area (Å²) in [6, 6.07) is 0.679. The molecule has 17 heavy (non-hydrogen) atoms. The van der Waals surface area contributed by atoms with Crippen LogP contribution in [-0.2, 0) is 0 Å². The third-order valence-electron chi connectivity index (χ3n) is 4.10. The lowest BCUT2D eigenvalue weighted by Gasteiger charge is -2.31. The van der Waals surface area contributed by atoms with Gasteiger partial charge in [-0.15, -0.1) is 0 Å². The average molecular weight is 240 g/mol. The van der Waals surface area contributed by atoms with E-state index >= 15 is 0 Å². The molecule has 1 fully saturated rings. The Kier molecular flexibility index (Phi) is 7.14. The van der Waals surface area contributed by atoms with E-state index in [9.17, 15) is 0 Å². The summed E-state index contributed by atoms with van der Waals surface area (Å²) in [5.74, 6) is 1.80. The van der Waals surface area contributed by atoms with E-state index in [0.29, 0.717) is 6.04 Å². The molecule has 1 saturated carbocycles. The maximum atomic E-state index is 3.74. The van der Waals surface area contributed by atoms with Crippen LogP contribution in [0.25, 0.3) is 0 Å². The minimum absolute atomic E-state index is 0.679. The van der Waals surface area contributed by atoms with Gasteiger partial charge in [0.05, 0.1) is 0 Å². The number of rotatable bonds is 10. The van der Waals surface area contributed by atoms with Gasteiger partial charge in [0.25, 0.3) is 0 Å². The maximum absolute atomic E-state index is 3.74. The fraction of sp³-hybridized carbons (Fsp3) is 1.00. The highest BCUT2D eigenvalue weighted by Gasteiger charge is 2.25. The third kappa shape index (κ3) is 5.87. The summed E-state index contributed by atoms with van der Waals surface area (Å²) < 4.78 is 0. The van der Waals surface area contributed by atoms with Crippen LogP contribution in [0.3, 0.4) is 0 Å². The summed E-state index contributed by atoms with van der Waals surface area (Å²) in [5.41, 5.74) is 0. The molecule has 2 atom stereocenters. The molecule has 0 saturated heterocycles. The molecular weight excluding hydrogens is 208 g/mol. The highest BCUT2D eigenvalue weighted by Crippen LogP contribution is 2.29. The van der Waals surface area contributed by atoms with E-state index < -0.39 is 0 Å². The molecule has 0 aliphatic heterocycles. The van der Waals surface area contributed by atoms with Crippen molar-refractivity contribution in [2.75, 3.05) is 26.2 Å². The lowest BCUT2D eigenvalue weighted by molar-refractivity contribution is 0.212. The van der Waals surface area contributed by atoms with Crippen molar-refractivity contribution in [2.24, 2.45) is 11.8 Å². The molecule has 0 aromatic rings. The van der Waals surface area contributed by atoms with E-state index in [-0.39, 0.29) is 0 Å². The number of nitrogens with zero attached hydrogens (tertiary/aromatic N) is 1. The zero-order chi connectivity index (χ0) is 12.7. The zero-order valence-corrected chi connectivity index (χ0v) is 12.3. The van der Waals surface area contributed by atoms with Crippen LogP contribution >= 0.6 is 0 Å². The third-order valence-corrected chi connectivity index (χ3v) is 4.10. The molecule has 0 aromatic heterocycles. The first kappa shape index (κ1) is 15.0. The summed E-state index contributed by atoms with van der Waals surface area (Å²) in [6.07, 6.45) is 5.45. The van der Waals surface area contributed by atoms with Crippen LogP contribution in [0, 0.1) is 11.8 Å². The van der Waals surface area contributed by atoms with Gasteiger partial charge in [0, 0.05) is 19.1 Å². The Hall–Kier alpha value is -0.0800. The monoisotopic (exact) mass is 240 g/mol. The summed E-state index contributed by atoms with van der Waals surface area (Å²) in [7, 11) is 0. The van der Waals surface area contributed by atoms with Gasteiger partial charge in [-0.1, -0.05) is 34.1 Å². The van der Waals surface area contributed by atoms with Gasteiger partial charge in [0.15, 0.2) is 0 Å². The molecule has 2 heteroatoms. The van der Waals surface area contributed by atoms with Crippen molar-refractivity contribution in [1.82, 2.24) is 10.2 Å². The number of likely N-dealkylation sites (N-methyl/N-ethyl adjacent to an activating group) is 1. The molecule has 1 aliphatic carbocycles. The minimum Gasteiger partial charge on any atom is -0.312 e. The number of hydrogen-bond donors (Lipinski definition) is 1. The first-order valence-electron chi connectivity index (χ1n) is 7.66. The molecule has 1 aliphatic rings. The van der Waals surface area contributed by atoms with Crippen LogP contribution in [0.5, 0.6) is 0 Å². The van der Waals surface area contributed by atoms with Crippen LogP contribution < -0.4 is 5.32 Å². The van der Waals surface area contributed by atoms with Crippen molar-refractivity contribution in [2.45, 2.75) is 59.4 Å². The van der Waals surface area contributed by atoms with Crippen molar-refractivity contribution >= 4 is 0 Å². The predicted octanol–water partition coefficient (Wildman–Crippen LogP) is 3.13. The highest BCUT2D eigenvalue weighted by molar-refractivity contribution is 4.81. The molecule has 1 rings (SSSR count). The van der Waals surface area contributed by atoms with Gasteiger partial charge in [0.1, 0.15) is 0 Å². The SMILES string of the molecule is CCCNC(CN(CC)CC1CC1)C(C)CC. The molecule has 2 nitrogen and oxygen atoms in total. The second kappa shape index (κ2) is 8.10. The van der Waals surface area contributed by atoms with Gasteiger partial charge in [-0.25, -0.2) is 0 Å². The quantitative estimate of drug-likeness (QED) is 0.631. The molecule has 0 aromatic carbocycles. The van der Waals surface area contributed by atoms with Gasteiger partial charge in [-0.2, -0.15) is 0 Å². The van der Waals surface area contributed by atoms with Crippen LogP contribution in [0.1, 0.15) is 53.4 Å². The Morgan fingerprint density at radius 3 is 2.41 bits per heavy atom. The Bertz CT molecular complexity index is 189. The Balaban J connectivity index is 2.37. The van der Waals surface area contributed by atoms with Crippen LogP contribution in [0.15, 0.2) is 0 Å². The highest BCUT2D eigenvalue weighted by atomic mass is 15.1. The number of hydrogen-bond acceptors (Lipinski definition) is 2. The van der Waals surface area contributed by atoms with E-state index in [0.717, 1.165) is 18.4 Å². The van der Waals surface area contributed by atoms with E-state index in [2.05, 4.69) is 37.9 Å². The molecule has 2 unspecified atom stereocenters. The van der Waals surface area contributed by atoms with Crippen LogP contribution in [0.2, 0.25) is 0 Å². The Morgan fingerprint density at radius 2 is 1.94 bits per heavy atom. The van der Waals surface area contributed by atoms with Crippen molar-refractivity contribution in [3.8, 4) is 0 Å². The minimum atomic E-state index is 0.679. The lowest BCUT2D eigenvalue weighted by Crippen LogP contribution is -2.45. The lowest BCUT2D eigenvalue weighted by atomic mass is 9.98. The van der Waals surface area contributed by atoms with E-state index in [4.69, 9.17) is 0 Å². The largest absolute Gasteiger partial charge is 0.312 e. The van der Waals surface area contributed by atoms with Gasteiger partial charge in [-0.05, 0) is 44.2 Å². The molecule has 1 N–H and O–H groups in total. The van der Waals surface area contributed by atoms with E-state index in [1.165, 1.54) is 45.3 Å². The summed E-state index contributed by atoms with van der Waals surface area (Å²) in [4.78, 5) is 2.65. The van der Waals surface area contributed by atoms with Gasteiger partial charge < -0.3 is 10.2 Å². The topological polar surface area (TPSA) is 15.3 Å². The fourth-order valence-corrected chi connectivity index (χ4v) is 2.34. The van der Waals surface area contributed by atoms with Crippen LogP contribution in [-0.4, -0.2) is 37.1 Å². The summed E-state index contributed by atoms with van der Waals surface area (Å²) in [6.45, 7) is 14.2. The molecule has 0 heterocycles. The van der Waals surface area contributed by atoms with Crippen LogP contribution in [0.4, 0.5) is 0 Å². The summed E-state index contributed by atoms with van der Waals surface area (Å²) >= 11 is 0. The molecular formula is C15H32N2. The first-order chi connectivity index (χ1) is 8.21. The second-order valence-electron chi connectivity index (χ2n) is 5.74. The van der Waals surface area contributed by atoms with Crippen molar-refractivity contribution < 1.29 is 0 Å². The number of nitrogens with one attached hydrogen (secondary N) is 1. The fourth-order valence-electron chi connectivity index (χ4n) is 2.34. The van der Waals surface area contributed by atoms with Gasteiger partial charge >= 0.3 is 0 Å². The maximum Gasteiger partial charge on any atom is 0.0220 e. The van der Waals surface area contributed by atoms with E-state index in [1.54, 1.807) is 0 Å².